The van der Waals surface area contributed by atoms with Gasteiger partial charge in [-0.05, 0) is 12.1 Å². The normalized spacial score (nSPS) is 17.2. The Morgan fingerprint density at radius 1 is 1.16 bits per heavy atom. The lowest BCUT2D eigenvalue weighted by Gasteiger charge is -2.26. The summed E-state index contributed by atoms with van der Waals surface area (Å²) in [7, 11) is -0.601. The molecular weight excluding hydrogens is 270 g/mol. The third-order valence-electron chi connectivity index (χ3n) is 2.96. The zero-order valence-electron chi connectivity index (χ0n) is 11.0. The maximum Gasteiger partial charge on any atom is 0.246 e. The summed E-state index contributed by atoms with van der Waals surface area (Å²) < 4.78 is 41.8. The molecule has 7 heteroatoms. The van der Waals surface area contributed by atoms with Gasteiger partial charge in [-0.15, -0.1) is 0 Å². The van der Waals surface area contributed by atoms with Crippen molar-refractivity contribution >= 4 is 10.0 Å². The van der Waals surface area contributed by atoms with E-state index in [-0.39, 0.29) is 10.6 Å². The summed E-state index contributed by atoms with van der Waals surface area (Å²) in [6.07, 6.45) is 0. The SMILES string of the molecule is COc1ccc(S(=O)(=O)N2CCOCC2)c(OC)c1. The predicted octanol–water partition coefficient (Wildman–Crippen LogP) is 0.725. The molecule has 1 aliphatic heterocycles. The minimum atomic E-state index is -3.56. The molecular formula is C12H17NO5S. The summed E-state index contributed by atoms with van der Waals surface area (Å²) in [6.45, 7) is 1.55. The summed E-state index contributed by atoms with van der Waals surface area (Å²) in [4.78, 5) is 0.151. The topological polar surface area (TPSA) is 65.1 Å². The number of morpholine rings is 1. The van der Waals surface area contributed by atoms with Gasteiger partial charge in [-0.1, -0.05) is 0 Å². The van der Waals surface area contributed by atoms with E-state index in [9.17, 15) is 8.42 Å². The van der Waals surface area contributed by atoms with Gasteiger partial charge in [0.1, 0.15) is 16.4 Å². The molecule has 0 aliphatic carbocycles. The van der Waals surface area contributed by atoms with Gasteiger partial charge in [0.2, 0.25) is 10.0 Å². The van der Waals surface area contributed by atoms with Gasteiger partial charge in [0, 0.05) is 19.2 Å². The van der Waals surface area contributed by atoms with Crippen molar-refractivity contribution in [3.63, 3.8) is 0 Å². The number of hydrogen-bond acceptors (Lipinski definition) is 5. The van der Waals surface area contributed by atoms with Crippen LogP contribution < -0.4 is 9.47 Å². The predicted molar refractivity (Wildman–Crippen MR) is 69.1 cm³/mol. The minimum Gasteiger partial charge on any atom is -0.497 e. The first kappa shape index (κ1) is 14.1. The molecule has 0 radical (unpaired) electrons. The molecule has 1 aromatic carbocycles. The Balaban J connectivity index is 2.39. The van der Waals surface area contributed by atoms with Crippen LogP contribution in [0.2, 0.25) is 0 Å². The fourth-order valence-electron chi connectivity index (χ4n) is 1.91. The van der Waals surface area contributed by atoms with E-state index in [0.29, 0.717) is 32.1 Å². The fourth-order valence-corrected chi connectivity index (χ4v) is 3.46. The molecule has 0 saturated carbocycles. The van der Waals surface area contributed by atoms with Crippen molar-refractivity contribution in [3.8, 4) is 11.5 Å². The maximum atomic E-state index is 12.5. The summed E-state index contributed by atoms with van der Waals surface area (Å²) in [5.74, 6) is 0.837. The van der Waals surface area contributed by atoms with E-state index in [4.69, 9.17) is 14.2 Å². The Labute approximate surface area is 112 Å². The molecule has 6 nitrogen and oxygen atoms in total. The summed E-state index contributed by atoms with van der Waals surface area (Å²) in [5.41, 5.74) is 0. The van der Waals surface area contributed by atoms with Crippen molar-refractivity contribution in [3.05, 3.63) is 18.2 Å². The van der Waals surface area contributed by atoms with Crippen LogP contribution >= 0.6 is 0 Å². The van der Waals surface area contributed by atoms with Crippen molar-refractivity contribution < 1.29 is 22.6 Å². The average Bonchev–Trinajstić information content (AvgIpc) is 2.47. The van der Waals surface area contributed by atoms with Crippen LogP contribution in [0.4, 0.5) is 0 Å². The first-order chi connectivity index (χ1) is 9.09. The molecule has 0 N–H and O–H groups in total. The lowest BCUT2D eigenvalue weighted by Crippen LogP contribution is -2.40. The third-order valence-corrected chi connectivity index (χ3v) is 4.90. The molecule has 1 heterocycles. The molecule has 0 atom stereocenters. The van der Waals surface area contributed by atoms with Gasteiger partial charge in [-0.2, -0.15) is 4.31 Å². The zero-order chi connectivity index (χ0) is 13.9. The summed E-state index contributed by atoms with van der Waals surface area (Å²) in [6, 6.07) is 4.67. The highest BCUT2D eigenvalue weighted by molar-refractivity contribution is 7.89. The second-order valence-electron chi connectivity index (χ2n) is 4.03. The summed E-state index contributed by atoms with van der Waals surface area (Å²) in [5, 5.41) is 0. The minimum absolute atomic E-state index is 0.151. The lowest BCUT2D eigenvalue weighted by molar-refractivity contribution is 0.0729. The molecule has 0 aromatic heterocycles. The zero-order valence-corrected chi connectivity index (χ0v) is 11.8. The Morgan fingerprint density at radius 2 is 1.84 bits per heavy atom. The van der Waals surface area contributed by atoms with Crippen molar-refractivity contribution in [2.45, 2.75) is 4.90 Å². The molecule has 1 aliphatic rings. The molecule has 106 valence electrons. The van der Waals surface area contributed by atoms with Crippen molar-refractivity contribution in [2.24, 2.45) is 0 Å². The highest BCUT2D eigenvalue weighted by Crippen LogP contribution is 2.30. The van der Waals surface area contributed by atoms with Crippen LogP contribution in [0.1, 0.15) is 0 Å². The molecule has 0 unspecified atom stereocenters. The molecule has 1 aromatic rings. The van der Waals surface area contributed by atoms with Gasteiger partial charge in [0.25, 0.3) is 0 Å². The van der Waals surface area contributed by atoms with Crippen molar-refractivity contribution in [2.75, 3.05) is 40.5 Å². The summed E-state index contributed by atoms with van der Waals surface area (Å²) >= 11 is 0. The quantitative estimate of drug-likeness (QED) is 0.816. The second kappa shape index (κ2) is 5.77. The van der Waals surface area contributed by atoms with E-state index in [1.54, 1.807) is 12.1 Å². The monoisotopic (exact) mass is 287 g/mol. The van der Waals surface area contributed by atoms with Gasteiger partial charge >= 0.3 is 0 Å². The molecule has 0 spiro atoms. The number of rotatable bonds is 4. The Bertz CT molecular complexity index is 537. The highest BCUT2D eigenvalue weighted by Gasteiger charge is 2.29. The Hall–Kier alpha value is -1.31. The van der Waals surface area contributed by atoms with E-state index < -0.39 is 10.0 Å². The molecule has 2 rings (SSSR count). The average molecular weight is 287 g/mol. The van der Waals surface area contributed by atoms with E-state index >= 15 is 0 Å². The Kier molecular flexibility index (Phi) is 4.28. The number of sulfonamides is 1. The van der Waals surface area contributed by atoms with E-state index in [1.165, 1.54) is 24.6 Å². The van der Waals surface area contributed by atoms with E-state index in [0.717, 1.165) is 0 Å². The van der Waals surface area contributed by atoms with Gasteiger partial charge in [0.15, 0.2) is 0 Å². The number of methoxy groups -OCH3 is 2. The lowest BCUT2D eigenvalue weighted by atomic mass is 10.3. The van der Waals surface area contributed by atoms with E-state index in [1.807, 2.05) is 0 Å². The highest BCUT2D eigenvalue weighted by atomic mass is 32.2. The van der Waals surface area contributed by atoms with Gasteiger partial charge in [-0.3, -0.25) is 0 Å². The molecule has 1 saturated heterocycles. The molecule has 1 fully saturated rings. The first-order valence-electron chi connectivity index (χ1n) is 5.89. The second-order valence-corrected chi connectivity index (χ2v) is 5.94. The molecule has 0 amide bonds. The molecule has 19 heavy (non-hydrogen) atoms. The smallest absolute Gasteiger partial charge is 0.246 e. The van der Waals surface area contributed by atoms with E-state index in [2.05, 4.69) is 0 Å². The largest absolute Gasteiger partial charge is 0.497 e. The third kappa shape index (κ3) is 2.83. The van der Waals surface area contributed by atoms with Crippen molar-refractivity contribution in [1.29, 1.82) is 0 Å². The van der Waals surface area contributed by atoms with Gasteiger partial charge in [-0.25, -0.2) is 8.42 Å². The van der Waals surface area contributed by atoms with Crippen LogP contribution in [0.5, 0.6) is 11.5 Å². The number of nitrogens with zero attached hydrogens (tertiary/aromatic N) is 1. The number of benzene rings is 1. The van der Waals surface area contributed by atoms with Gasteiger partial charge in [0.05, 0.1) is 27.4 Å². The maximum absolute atomic E-state index is 12.5. The van der Waals surface area contributed by atoms with Crippen LogP contribution in [-0.2, 0) is 14.8 Å². The van der Waals surface area contributed by atoms with Crippen LogP contribution in [0.3, 0.4) is 0 Å². The Morgan fingerprint density at radius 3 is 2.42 bits per heavy atom. The van der Waals surface area contributed by atoms with Crippen LogP contribution in [0, 0.1) is 0 Å². The standard InChI is InChI=1S/C12H17NO5S/c1-16-10-3-4-12(11(9-10)17-2)19(14,15)13-5-7-18-8-6-13/h3-4,9H,5-8H2,1-2H3. The van der Waals surface area contributed by atoms with Crippen LogP contribution in [-0.4, -0.2) is 53.2 Å². The fraction of sp³-hybridized carbons (Fsp3) is 0.500. The first-order valence-corrected chi connectivity index (χ1v) is 7.33. The molecule has 0 bridgehead atoms. The van der Waals surface area contributed by atoms with Crippen molar-refractivity contribution in [1.82, 2.24) is 4.31 Å². The van der Waals surface area contributed by atoms with Gasteiger partial charge < -0.3 is 14.2 Å². The number of ether oxygens (including phenoxy) is 3. The van der Waals surface area contributed by atoms with Crippen LogP contribution in [0.15, 0.2) is 23.1 Å². The van der Waals surface area contributed by atoms with Crippen LogP contribution in [0.25, 0.3) is 0 Å². The number of hydrogen-bond donors (Lipinski definition) is 0.